The van der Waals surface area contributed by atoms with E-state index in [1.54, 1.807) is 19.6 Å². The number of rotatable bonds is 3. The first kappa shape index (κ1) is 13.7. The number of esters is 1. The molecule has 0 spiro atoms. The lowest BCUT2D eigenvalue weighted by molar-refractivity contribution is -0.148. The maximum atomic E-state index is 12.6. The van der Waals surface area contributed by atoms with Gasteiger partial charge in [-0.2, -0.15) is 0 Å². The smallest absolute Gasteiger partial charge is 0.336 e. The Morgan fingerprint density at radius 1 is 1.38 bits per heavy atom. The summed E-state index contributed by atoms with van der Waals surface area (Å²) < 4.78 is 12.5. The fraction of sp³-hybridized carbons (Fsp3) is 0.375. The van der Waals surface area contributed by atoms with E-state index in [1.807, 2.05) is 29.7 Å². The number of imidazole rings is 1. The molecule has 110 valence electrons. The van der Waals surface area contributed by atoms with Crippen molar-refractivity contribution < 1.29 is 14.3 Å². The van der Waals surface area contributed by atoms with Crippen molar-refractivity contribution in [1.82, 2.24) is 9.55 Å². The standard InChI is InChI=1S/C16H18N2O3/c1-11-4-5-13(14(8-11)20-2)16(15(19)21-3)7-6-12-9-17-10-18(12)16/h4-5,8-10H,6-7H2,1-3H3. The van der Waals surface area contributed by atoms with Crippen molar-refractivity contribution >= 4 is 5.97 Å². The number of nitrogens with zero attached hydrogens (tertiary/aromatic N) is 2. The molecule has 0 amide bonds. The van der Waals surface area contributed by atoms with Gasteiger partial charge in [0.1, 0.15) is 5.75 Å². The highest BCUT2D eigenvalue weighted by molar-refractivity contribution is 5.85. The van der Waals surface area contributed by atoms with Gasteiger partial charge in [-0.1, -0.05) is 12.1 Å². The van der Waals surface area contributed by atoms with E-state index in [-0.39, 0.29) is 5.97 Å². The van der Waals surface area contributed by atoms with Gasteiger partial charge in [0.2, 0.25) is 0 Å². The summed E-state index contributed by atoms with van der Waals surface area (Å²) in [5.74, 6) is 0.406. The van der Waals surface area contributed by atoms with E-state index in [9.17, 15) is 4.79 Å². The monoisotopic (exact) mass is 286 g/mol. The third-order valence-corrected chi connectivity index (χ3v) is 4.19. The summed E-state index contributed by atoms with van der Waals surface area (Å²) in [7, 11) is 3.03. The highest BCUT2D eigenvalue weighted by Gasteiger charge is 2.49. The third kappa shape index (κ3) is 1.84. The summed E-state index contributed by atoms with van der Waals surface area (Å²) in [5, 5.41) is 0. The quantitative estimate of drug-likeness (QED) is 0.810. The van der Waals surface area contributed by atoms with E-state index in [4.69, 9.17) is 9.47 Å². The SMILES string of the molecule is COC(=O)C1(c2ccc(C)cc2OC)CCc2cncn21. The molecule has 0 radical (unpaired) electrons. The number of fused-ring (bicyclic) bond motifs is 1. The maximum absolute atomic E-state index is 12.6. The largest absolute Gasteiger partial charge is 0.496 e. The van der Waals surface area contributed by atoms with E-state index in [0.717, 1.165) is 23.2 Å². The summed E-state index contributed by atoms with van der Waals surface area (Å²) in [6, 6.07) is 5.87. The van der Waals surface area contributed by atoms with Gasteiger partial charge in [0.15, 0.2) is 5.54 Å². The minimum Gasteiger partial charge on any atom is -0.496 e. The second-order valence-corrected chi connectivity index (χ2v) is 5.31. The Labute approximate surface area is 123 Å². The Balaban J connectivity index is 2.26. The fourth-order valence-corrected chi connectivity index (χ4v) is 3.16. The average molecular weight is 286 g/mol. The molecule has 0 saturated carbocycles. The van der Waals surface area contributed by atoms with Crippen LogP contribution < -0.4 is 4.74 Å². The summed E-state index contributed by atoms with van der Waals surface area (Å²) >= 11 is 0. The van der Waals surface area contributed by atoms with Crippen molar-refractivity contribution in [2.75, 3.05) is 14.2 Å². The molecule has 5 nitrogen and oxygen atoms in total. The zero-order valence-electron chi connectivity index (χ0n) is 12.4. The molecule has 0 N–H and O–H groups in total. The molecule has 0 fully saturated rings. The van der Waals surface area contributed by atoms with Gasteiger partial charge in [0, 0.05) is 17.5 Å². The molecule has 1 aliphatic heterocycles. The first-order chi connectivity index (χ1) is 10.1. The molecule has 2 heterocycles. The van der Waals surface area contributed by atoms with Crippen LogP contribution in [0.15, 0.2) is 30.7 Å². The molecule has 1 atom stereocenters. The van der Waals surface area contributed by atoms with Crippen molar-refractivity contribution in [3.63, 3.8) is 0 Å². The minimum absolute atomic E-state index is 0.290. The second-order valence-electron chi connectivity index (χ2n) is 5.31. The molecule has 1 aromatic carbocycles. The lowest BCUT2D eigenvalue weighted by Gasteiger charge is -2.30. The molecule has 1 aliphatic rings. The van der Waals surface area contributed by atoms with Crippen LogP contribution in [0.1, 0.15) is 23.2 Å². The zero-order valence-corrected chi connectivity index (χ0v) is 12.4. The van der Waals surface area contributed by atoms with E-state index in [1.165, 1.54) is 7.11 Å². The van der Waals surface area contributed by atoms with Crippen LogP contribution in [0.5, 0.6) is 5.75 Å². The molecule has 1 unspecified atom stereocenters. The molecule has 0 saturated heterocycles. The minimum atomic E-state index is -0.889. The molecule has 0 aliphatic carbocycles. The molecular formula is C16H18N2O3. The lowest BCUT2D eigenvalue weighted by atomic mass is 9.86. The fourth-order valence-electron chi connectivity index (χ4n) is 3.16. The predicted octanol–water partition coefficient (Wildman–Crippen LogP) is 2.06. The van der Waals surface area contributed by atoms with Crippen LogP contribution in [0.3, 0.4) is 0 Å². The van der Waals surface area contributed by atoms with Crippen LogP contribution in [-0.4, -0.2) is 29.7 Å². The number of carbonyl (C=O) groups excluding carboxylic acids is 1. The third-order valence-electron chi connectivity index (χ3n) is 4.19. The molecule has 3 rings (SSSR count). The summed E-state index contributed by atoms with van der Waals surface area (Å²) in [6.45, 7) is 1.99. The number of ether oxygens (including phenoxy) is 2. The van der Waals surface area contributed by atoms with Gasteiger partial charge in [0.05, 0.1) is 20.5 Å². The second kappa shape index (κ2) is 4.91. The van der Waals surface area contributed by atoms with Gasteiger partial charge < -0.3 is 14.0 Å². The number of hydrogen-bond acceptors (Lipinski definition) is 4. The topological polar surface area (TPSA) is 53.4 Å². The van der Waals surface area contributed by atoms with Crippen LogP contribution in [-0.2, 0) is 21.5 Å². The number of methoxy groups -OCH3 is 2. The first-order valence-corrected chi connectivity index (χ1v) is 6.88. The molecule has 1 aromatic heterocycles. The lowest BCUT2D eigenvalue weighted by Crippen LogP contribution is -2.41. The van der Waals surface area contributed by atoms with Crippen molar-refractivity contribution in [2.45, 2.75) is 25.3 Å². The molecule has 0 bridgehead atoms. The van der Waals surface area contributed by atoms with Gasteiger partial charge in [-0.25, -0.2) is 9.78 Å². The van der Waals surface area contributed by atoms with Gasteiger partial charge in [0.25, 0.3) is 0 Å². The van der Waals surface area contributed by atoms with Crippen LogP contribution in [0.2, 0.25) is 0 Å². The van der Waals surface area contributed by atoms with Crippen LogP contribution >= 0.6 is 0 Å². The maximum Gasteiger partial charge on any atom is 0.336 e. The Hall–Kier alpha value is -2.30. The summed E-state index contributed by atoms with van der Waals surface area (Å²) in [6.07, 6.45) is 4.92. The van der Waals surface area contributed by atoms with E-state index in [0.29, 0.717) is 12.2 Å². The highest BCUT2D eigenvalue weighted by Crippen LogP contribution is 2.43. The van der Waals surface area contributed by atoms with Crippen molar-refractivity contribution in [3.8, 4) is 5.75 Å². The average Bonchev–Trinajstić information content (AvgIpc) is 3.09. The summed E-state index contributed by atoms with van der Waals surface area (Å²) in [4.78, 5) is 16.8. The number of aryl methyl sites for hydroxylation is 2. The van der Waals surface area contributed by atoms with Crippen LogP contribution in [0.4, 0.5) is 0 Å². The summed E-state index contributed by atoms with van der Waals surface area (Å²) in [5.41, 5.74) is 2.04. The van der Waals surface area contributed by atoms with E-state index < -0.39 is 5.54 Å². The Morgan fingerprint density at radius 3 is 2.90 bits per heavy atom. The van der Waals surface area contributed by atoms with Crippen molar-refractivity contribution in [2.24, 2.45) is 0 Å². The molecule has 21 heavy (non-hydrogen) atoms. The van der Waals surface area contributed by atoms with Gasteiger partial charge in [-0.05, 0) is 31.4 Å². The van der Waals surface area contributed by atoms with Crippen LogP contribution in [0, 0.1) is 6.92 Å². The predicted molar refractivity (Wildman–Crippen MR) is 77.4 cm³/mol. The Morgan fingerprint density at radius 2 is 2.19 bits per heavy atom. The van der Waals surface area contributed by atoms with Gasteiger partial charge >= 0.3 is 5.97 Å². The van der Waals surface area contributed by atoms with Gasteiger partial charge in [-0.3, -0.25) is 0 Å². The van der Waals surface area contributed by atoms with Crippen LogP contribution in [0.25, 0.3) is 0 Å². The molecular weight excluding hydrogens is 268 g/mol. The van der Waals surface area contributed by atoms with Gasteiger partial charge in [-0.15, -0.1) is 0 Å². The number of aromatic nitrogens is 2. The Kier molecular flexibility index (Phi) is 3.20. The molecule has 5 heteroatoms. The van der Waals surface area contributed by atoms with E-state index >= 15 is 0 Å². The first-order valence-electron chi connectivity index (χ1n) is 6.88. The van der Waals surface area contributed by atoms with Crippen molar-refractivity contribution in [1.29, 1.82) is 0 Å². The number of hydrogen-bond donors (Lipinski definition) is 0. The zero-order chi connectivity index (χ0) is 15.0. The van der Waals surface area contributed by atoms with E-state index in [2.05, 4.69) is 4.98 Å². The normalized spacial score (nSPS) is 20.1. The molecule has 2 aromatic rings. The highest BCUT2D eigenvalue weighted by atomic mass is 16.5. The Bertz CT molecular complexity index is 693. The number of benzene rings is 1. The van der Waals surface area contributed by atoms with Crippen molar-refractivity contribution in [3.05, 3.63) is 47.5 Å². The number of carbonyl (C=O) groups is 1.